The van der Waals surface area contributed by atoms with Crippen LogP contribution in [0.2, 0.25) is 0 Å². The van der Waals surface area contributed by atoms with Crippen LogP contribution in [0.4, 0.5) is 0 Å². The molecule has 59 heavy (non-hydrogen) atoms. The van der Waals surface area contributed by atoms with Gasteiger partial charge in [0, 0.05) is 59.5 Å². The lowest BCUT2D eigenvalue weighted by Gasteiger charge is -2.21. The number of ketones is 1. The summed E-state index contributed by atoms with van der Waals surface area (Å²) in [6, 6.07) is 31.9. The van der Waals surface area contributed by atoms with Gasteiger partial charge in [-0.3, -0.25) is 14.2 Å². The standard InChI is InChI=1S/C22H25N3O5S.C20H23N3O4S/c1-16(26)21-13-22(23-24(21)2)31(27,28)25(14-17-5-9-19(29-3)10-6-17)15-18-7-11-20(30-4)12-8-18;1-22-13-12-20(21-22)28(24,25)23(14-16-4-8-18(26-2)9-5-16)15-17-6-10-19(27-3)11-7-17/h5-13H,14-15H2,1-4H3;4-13H,14-15H2,1-3H3. The van der Waals surface area contributed by atoms with E-state index in [1.807, 2.05) is 72.8 Å². The Morgan fingerprint density at radius 2 is 0.847 bits per heavy atom. The van der Waals surface area contributed by atoms with Crippen molar-refractivity contribution in [3.8, 4) is 23.0 Å². The summed E-state index contributed by atoms with van der Waals surface area (Å²) in [5, 5.41) is 8.04. The molecule has 0 fully saturated rings. The Balaban J connectivity index is 0.000000225. The first-order valence-corrected chi connectivity index (χ1v) is 21.1. The minimum absolute atomic E-state index is 0.0250. The number of aryl methyl sites for hydroxylation is 2. The highest BCUT2D eigenvalue weighted by Gasteiger charge is 2.30. The van der Waals surface area contributed by atoms with Crippen LogP contribution in [-0.2, 0) is 60.3 Å². The summed E-state index contributed by atoms with van der Waals surface area (Å²) in [5.74, 6) is 2.55. The highest BCUT2D eigenvalue weighted by molar-refractivity contribution is 7.89. The number of methoxy groups -OCH3 is 4. The Kier molecular flexibility index (Phi) is 14.7. The van der Waals surface area contributed by atoms with E-state index in [-0.39, 0.29) is 47.7 Å². The zero-order chi connectivity index (χ0) is 42.7. The molecule has 0 spiro atoms. The van der Waals surface area contributed by atoms with Crippen molar-refractivity contribution in [2.75, 3.05) is 28.4 Å². The first kappa shape index (κ1) is 44.1. The van der Waals surface area contributed by atoms with Crippen LogP contribution in [0, 0.1) is 0 Å². The molecule has 6 aromatic rings. The molecule has 312 valence electrons. The first-order chi connectivity index (χ1) is 28.2. The second-order valence-electron chi connectivity index (χ2n) is 13.3. The second-order valence-corrected chi connectivity index (χ2v) is 17.1. The maximum absolute atomic E-state index is 13.5. The van der Waals surface area contributed by atoms with Crippen LogP contribution >= 0.6 is 0 Å². The van der Waals surface area contributed by atoms with E-state index in [2.05, 4.69) is 10.2 Å². The van der Waals surface area contributed by atoms with E-state index in [4.69, 9.17) is 18.9 Å². The van der Waals surface area contributed by atoms with Gasteiger partial charge >= 0.3 is 0 Å². The summed E-state index contributed by atoms with van der Waals surface area (Å²) in [6.45, 7) is 2.07. The summed E-state index contributed by atoms with van der Waals surface area (Å²) in [6.07, 6.45) is 1.62. The average Bonchev–Trinajstić information content (AvgIpc) is 3.88. The Hall–Kier alpha value is -6.01. The highest BCUT2D eigenvalue weighted by Crippen LogP contribution is 2.25. The van der Waals surface area contributed by atoms with Gasteiger partial charge in [0.05, 0.1) is 28.4 Å². The summed E-state index contributed by atoms with van der Waals surface area (Å²) < 4.78 is 79.6. The molecule has 6 rings (SSSR count). The second kappa shape index (κ2) is 19.6. The average molecular weight is 845 g/mol. The van der Waals surface area contributed by atoms with Gasteiger partial charge in [-0.2, -0.15) is 18.8 Å². The molecule has 2 aromatic heterocycles. The molecule has 0 N–H and O–H groups in total. The highest BCUT2D eigenvalue weighted by atomic mass is 32.2. The van der Waals surface area contributed by atoms with Crippen LogP contribution in [0.25, 0.3) is 0 Å². The van der Waals surface area contributed by atoms with Crippen LogP contribution in [0.3, 0.4) is 0 Å². The number of Topliss-reactive ketones (excluding diaryl/α,β-unsaturated/α-hetero) is 1. The molecule has 0 aliphatic carbocycles. The Morgan fingerprint density at radius 1 is 0.525 bits per heavy atom. The smallest absolute Gasteiger partial charge is 0.263 e. The lowest BCUT2D eigenvalue weighted by molar-refractivity contribution is 0.100. The number of carbonyl (C=O) groups is 1. The number of nitrogens with zero attached hydrogens (tertiary/aromatic N) is 6. The summed E-state index contributed by atoms with van der Waals surface area (Å²) in [7, 11) is 1.83. The van der Waals surface area contributed by atoms with Gasteiger partial charge in [0.15, 0.2) is 15.8 Å². The maximum atomic E-state index is 13.5. The summed E-state index contributed by atoms with van der Waals surface area (Å²) in [5.41, 5.74) is 3.52. The molecule has 2 heterocycles. The van der Waals surface area contributed by atoms with Crippen molar-refractivity contribution in [2.24, 2.45) is 14.1 Å². The molecule has 0 bridgehead atoms. The normalized spacial score (nSPS) is 11.5. The first-order valence-electron chi connectivity index (χ1n) is 18.2. The van der Waals surface area contributed by atoms with E-state index in [0.717, 1.165) is 33.8 Å². The van der Waals surface area contributed by atoms with Crippen LogP contribution in [0.15, 0.2) is 125 Å². The molecule has 0 unspecified atom stereocenters. The number of sulfonamides is 2. The number of hydrogen-bond donors (Lipinski definition) is 0. The molecule has 0 radical (unpaired) electrons. The van der Waals surface area contributed by atoms with E-state index in [0.29, 0.717) is 11.5 Å². The number of benzene rings is 4. The molecular weight excluding hydrogens is 797 g/mol. The van der Waals surface area contributed by atoms with Crippen molar-refractivity contribution >= 4 is 25.8 Å². The fourth-order valence-corrected chi connectivity index (χ4v) is 8.64. The summed E-state index contributed by atoms with van der Waals surface area (Å²) in [4.78, 5) is 11.8. The molecular formula is C42H48N6O9S2. The van der Waals surface area contributed by atoms with E-state index in [1.54, 1.807) is 73.0 Å². The third-order valence-electron chi connectivity index (χ3n) is 9.19. The number of rotatable bonds is 17. The number of hydrogen-bond acceptors (Lipinski definition) is 11. The third-order valence-corrected chi connectivity index (χ3v) is 12.5. The van der Waals surface area contributed by atoms with Crippen LogP contribution in [-0.4, -0.2) is 79.2 Å². The third kappa shape index (κ3) is 11.4. The molecule has 0 saturated carbocycles. The zero-order valence-corrected chi connectivity index (χ0v) is 35.6. The fraction of sp³-hybridized carbons (Fsp3) is 0.262. The largest absolute Gasteiger partial charge is 0.497 e. The van der Waals surface area contributed by atoms with Gasteiger partial charge < -0.3 is 18.9 Å². The van der Waals surface area contributed by atoms with Crippen molar-refractivity contribution in [2.45, 2.75) is 43.2 Å². The molecule has 0 aliphatic heterocycles. The maximum Gasteiger partial charge on any atom is 0.263 e. The lowest BCUT2D eigenvalue weighted by Crippen LogP contribution is -2.30. The van der Waals surface area contributed by atoms with Gasteiger partial charge in [-0.1, -0.05) is 48.5 Å². The van der Waals surface area contributed by atoms with Crippen molar-refractivity contribution in [1.29, 1.82) is 0 Å². The van der Waals surface area contributed by atoms with Gasteiger partial charge in [-0.25, -0.2) is 16.8 Å². The minimum Gasteiger partial charge on any atom is -0.497 e. The molecule has 0 atom stereocenters. The van der Waals surface area contributed by atoms with E-state index >= 15 is 0 Å². The predicted molar refractivity (Wildman–Crippen MR) is 221 cm³/mol. The number of ether oxygens (including phenoxy) is 4. The molecule has 17 heteroatoms. The van der Waals surface area contributed by atoms with Gasteiger partial charge in [-0.05, 0) is 76.9 Å². The van der Waals surface area contributed by atoms with E-state index in [9.17, 15) is 21.6 Å². The van der Waals surface area contributed by atoms with E-state index in [1.165, 1.54) is 37.0 Å². The Bertz CT molecular complexity index is 2420. The number of carbonyl (C=O) groups excluding carboxylic acids is 1. The molecule has 15 nitrogen and oxygen atoms in total. The van der Waals surface area contributed by atoms with Gasteiger partial charge in [0.2, 0.25) is 0 Å². The van der Waals surface area contributed by atoms with Gasteiger partial charge in [0.1, 0.15) is 28.7 Å². The van der Waals surface area contributed by atoms with Crippen LogP contribution < -0.4 is 18.9 Å². The lowest BCUT2D eigenvalue weighted by atomic mass is 10.2. The monoisotopic (exact) mass is 844 g/mol. The predicted octanol–water partition coefficient (Wildman–Crippen LogP) is 5.86. The zero-order valence-electron chi connectivity index (χ0n) is 34.0. The number of aromatic nitrogens is 4. The van der Waals surface area contributed by atoms with Crippen molar-refractivity contribution in [3.05, 3.63) is 143 Å². The topological polar surface area (TPSA) is 164 Å². The molecule has 4 aromatic carbocycles. The van der Waals surface area contributed by atoms with Crippen molar-refractivity contribution < 1.29 is 40.6 Å². The minimum atomic E-state index is -3.98. The molecule has 0 amide bonds. The molecule has 0 saturated heterocycles. The Labute approximate surface area is 345 Å². The fourth-order valence-electron chi connectivity index (χ4n) is 5.88. The van der Waals surface area contributed by atoms with Crippen LogP contribution in [0.1, 0.15) is 39.7 Å². The van der Waals surface area contributed by atoms with Crippen LogP contribution in [0.5, 0.6) is 23.0 Å². The quantitative estimate of drug-likeness (QED) is 0.101. The van der Waals surface area contributed by atoms with Crippen molar-refractivity contribution in [1.82, 2.24) is 28.2 Å². The van der Waals surface area contributed by atoms with Gasteiger partial charge in [-0.15, -0.1) is 0 Å². The SMILES string of the molecule is COc1ccc(CN(Cc2ccc(OC)cc2)S(=O)(=O)c2cc(C(C)=O)n(C)n2)cc1.COc1ccc(CN(Cc2ccc(OC)cc2)S(=O)(=O)c2ccn(C)n2)cc1. The summed E-state index contributed by atoms with van der Waals surface area (Å²) >= 11 is 0. The van der Waals surface area contributed by atoms with Crippen molar-refractivity contribution in [3.63, 3.8) is 0 Å². The van der Waals surface area contributed by atoms with E-state index < -0.39 is 20.0 Å². The Morgan fingerprint density at radius 3 is 1.10 bits per heavy atom. The molecule has 0 aliphatic rings. The van der Waals surface area contributed by atoms with Gasteiger partial charge in [0.25, 0.3) is 20.0 Å².